The highest BCUT2D eigenvalue weighted by Crippen LogP contribution is 2.67. The SMILES string of the molecule is COC1(c2c(-c3c(Cl)cccc3Cl)noc2C2CC2)CC2(CCN(C(=O)OC(C)(C)C)CC2)[C@@H]1C. The minimum atomic E-state index is -0.538. The number of halogens is 2. The number of methoxy groups -OCH3 is 1. The van der Waals surface area contributed by atoms with Crippen molar-refractivity contribution in [2.75, 3.05) is 20.2 Å². The van der Waals surface area contributed by atoms with Crippen LogP contribution in [0.4, 0.5) is 4.79 Å². The number of likely N-dealkylation sites (tertiary alicyclic amines) is 1. The van der Waals surface area contributed by atoms with Gasteiger partial charge in [0.15, 0.2) is 0 Å². The summed E-state index contributed by atoms with van der Waals surface area (Å²) in [5.41, 5.74) is 1.44. The third-order valence-electron chi connectivity index (χ3n) is 8.30. The molecule has 1 aromatic carbocycles. The smallest absolute Gasteiger partial charge is 0.410 e. The van der Waals surface area contributed by atoms with Crippen molar-refractivity contribution in [1.82, 2.24) is 10.1 Å². The maximum Gasteiger partial charge on any atom is 0.410 e. The van der Waals surface area contributed by atoms with Gasteiger partial charge in [-0.2, -0.15) is 0 Å². The molecule has 1 saturated heterocycles. The molecule has 5 rings (SSSR count). The summed E-state index contributed by atoms with van der Waals surface area (Å²) in [6.45, 7) is 9.32. The third kappa shape index (κ3) is 4.15. The summed E-state index contributed by atoms with van der Waals surface area (Å²) in [4.78, 5) is 14.4. The Morgan fingerprint density at radius 2 is 1.80 bits per heavy atom. The molecule has 3 fully saturated rings. The first-order valence-corrected chi connectivity index (χ1v) is 13.2. The van der Waals surface area contributed by atoms with Gasteiger partial charge in [-0.1, -0.05) is 41.3 Å². The number of benzene rings is 1. The second kappa shape index (κ2) is 8.67. The van der Waals surface area contributed by atoms with Crippen LogP contribution in [-0.4, -0.2) is 42.0 Å². The second-order valence-corrected chi connectivity index (χ2v) is 12.3. The summed E-state index contributed by atoms with van der Waals surface area (Å²) in [5, 5.41) is 5.61. The van der Waals surface area contributed by atoms with E-state index in [9.17, 15) is 4.79 Å². The molecule has 2 atom stereocenters. The predicted octanol–water partition coefficient (Wildman–Crippen LogP) is 7.42. The van der Waals surface area contributed by atoms with E-state index in [1.54, 1.807) is 7.11 Å². The standard InChI is InChI=1S/C27H34Cl2N2O4/c1-16-26(11-13-31(14-12-26)24(32)34-25(2,3)4)15-27(16,33-5)21-22(30-35-23(21)17-9-10-17)20-18(28)7-6-8-19(20)29/h6-8,16-17H,9-15H2,1-5H3/t16-,27?/m0/s1. The van der Waals surface area contributed by atoms with Crippen LogP contribution in [-0.2, 0) is 15.1 Å². The molecule has 2 heterocycles. The first-order valence-electron chi connectivity index (χ1n) is 12.5. The lowest BCUT2D eigenvalue weighted by Crippen LogP contribution is -2.62. The molecule has 1 spiro atoms. The summed E-state index contributed by atoms with van der Waals surface area (Å²) in [7, 11) is 1.78. The van der Waals surface area contributed by atoms with Gasteiger partial charge in [0, 0.05) is 31.7 Å². The number of rotatable bonds is 4. The van der Waals surface area contributed by atoms with Crippen LogP contribution in [0.25, 0.3) is 11.3 Å². The number of hydrogen-bond donors (Lipinski definition) is 0. The van der Waals surface area contributed by atoms with E-state index in [1.165, 1.54) is 0 Å². The fraction of sp³-hybridized carbons (Fsp3) is 0.630. The van der Waals surface area contributed by atoms with Crippen molar-refractivity contribution in [3.8, 4) is 11.3 Å². The predicted molar refractivity (Wildman–Crippen MR) is 136 cm³/mol. The van der Waals surface area contributed by atoms with E-state index < -0.39 is 11.2 Å². The number of carbonyl (C=O) groups is 1. The number of hydrogen-bond acceptors (Lipinski definition) is 5. The van der Waals surface area contributed by atoms with Crippen molar-refractivity contribution in [2.24, 2.45) is 11.3 Å². The van der Waals surface area contributed by atoms with E-state index in [1.807, 2.05) is 43.9 Å². The van der Waals surface area contributed by atoms with Crippen LogP contribution in [0.5, 0.6) is 0 Å². The molecule has 190 valence electrons. The van der Waals surface area contributed by atoms with Gasteiger partial charge in [-0.15, -0.1) is 0 Å². The highest BCUT2D eigenvalue weighted by atomic mass is 35.5. The monoisotopic (exact) mass is 520 g/mol. The zero-order chi connectivity index (χ0) is 25.2. The molecule has 1 unspecified atom stereocenters. The molecule has 35 heavy (non-hydrogen) atoms. The number of nitrogens with zero attached hydrogens (tertiary/aromatic N) is 2. The van der Waals surface area contributed by atoms with E-state index >= 15 is 0 Å². The average Bonchev–Trinajstić information content (AvgIpc) is 3.56. The quantitative estimate of drug-likeness (QED) is 0.419. The summed E-state index contributed by atoms with van der Waals surface area (Å²) in [5.74, 6) is 1.47. The van der Waals surface area contributed by atoms with Gasteiger partial charge in [0.1, 0.15) is 22.7 Å². The fourth-order valence-electron chi connectivity index (χ4n) is 6.15. The largest absolute Gasteiger partial charge is 0.444 e. The molecular formula is C27H34Cl2N2O4. The van der Waals surface area contributed by atoms with Gasteiger partial charge in [-0.25, -0.2) is 4.79 Å². The van der Waals surface area contributed by atoms with Gasteiger partial charge in [0.05, 0.1) is 15.6 Å². The zero-order valence-corrected chi connectivity index (χ0v) is 22.6. The van der Waals surface area contributed by atoms with Crippen molar-refractivity contribution in [1.29, 1.82) is 0 Å². The molecule has 2 aromatic rings. The van der Waals surface area contributed by atoms with E-state index in [0.717, 1.165) is 43.4 Å². The van der Waals surface area contributed by atoms with E-state index in [4.69, 9.17) is 37.2 Å². The molecule has 0 radical (unpaired) electrons. The van der Waals surface area contributed by atoms with E-state index in [-0.39, 0.29) is 17.4 Å². The number of amides is 1. The zero-order valence-electron chi connectivity index (χ0n) is 21.1. The van der Waals surface area contributed by atoms with Crippen molar-refractivity contribution in [2.45, 2.75) is 76.9 Å². The Kier molecular flexibility index (Phi) is 6.17. The molecule has 1 amide bonds. The van der Waals surface area contributed by atoms with Crippen LogP contribution < -0.4 is 0 Å². The Morgan fingerprint density at radius 1 is 1.17 bits per heavy atom. The molecule has 1 aromatic heterocycles. The van der Waals surface area contributed by atoms with Crippen LogP contribution in [0, 0.1) is 11.3 Å². The Balaban J connectivity index is 1.45. The molecule has 0 bridgehead atoms. The lowest BCUT2D eigenvalue weighted by molar-refractivity contribution is -0.227. The molecule has 2 aliphatic carbocycles. The normalized spacial score (nSPS) is 26.0. The second-order valence-electron chi connectivity index (χ2n) is 11.5. The summed E-state index contributed by atoms with van der Waals surface area (Å²) < 4.78 is 17.9. The van der Waals surface area contributed by atoms with Crippen molar-refractivity contribution in [3.05, 3.63) is 39.6 Å². The highest BCUT2D eigenvalue weighted by molar-refractivity contribution is 6.39. The molecule has 6 nitrogen and oxygen atoms in total. The maximum atomic E-state index is 12.6. The van der Waals surface area contributed by atoms with Crippen LogP contribution >= 0.6 is 23.2 Å². The van der Waals surface area contributed by atoms with Gasteiger partial charge >= 0.3 is 6.09 Å². The highest BCUT2D eigenvalue weighted by Gasteiger charge is 2.65. The summed E-state index contributed by atoms with van der Waals surface area (Å²) >= 11 is 13.2. The molecular weight excluding hydrogens is 487 g/mol. The topological polar surface area (TPSA) is 64.8 Å². The molecule has 3 aliphatic rings. The molecule has 2 saturated carbocycles. The van der Waals surface area contributed by atoms with E-state index in [0.29, 0.717) is 40.3 Å². The van der Waals surface area contributed by atoms with Crippen molar-refractivity contribution >= 4 is 29.3 Å². The summed E-state index contributed by atoms with van der Waals surface area (Å²) in [6, 6.07) is 5.49. The Labute approximate surface area is 217 Å². The van der Waals surface area contributed by atoms with Gasteiger partial charge < -0.3 is 18.9 Å². The number of ether oxygens (including phenoxy) is 2. The third-order valence-corrected chi connectivity index (χ3v) is 8.93. The van der Waals surface area contributed by atoms with Crippen LogP contribution in [0.3, 0.4) is 0 Å². The van der Waals surface area contributed by atoms with Crippen molar-refractivity contribution < 1.29 is 18.8 Å². The lowest BCUT2D eigenvalue weighted by Gasteiger charge is -2.63. The van der Waals surface area contributed by atoms with E-state index in [2.05, 4.69) is 12.1 Å². The minimum Gasteiger partial charge on any atom is -0.444 e. The van der Waals surface area contributed by atoms with Gasteiger partial charge in [0.2, 0.25) is 0 Å². The van der Waals surface area contributed by atoms with Gasteiger partial charge in [-0.3, -0.25) is 0 Å². The Morgan fingerprint density at radius 3 is 2.31 bits per heavy atom. The van der Waals surface area contributed by atoms with Crippen molar-refractivity contribution in [3.63, 3.8) is 0 Å². The number of carbonyl (C=O) groups excluding carboxylic acids is 1. The first kappa shape index (κ1) is 24.9. The van der Waals surface area contributed by atoms with Crippen LogP contribution in [0.2, 0.25) is 10.0 Å². The minimum absolute atomic E-state index is 0.0775. The van der Waals surface area contributed by atoms with Crippen LogP contribution in [0.1, 0.15) is 77.0 Å². The number of aromatic nitrogens is 1. The Hall–Kier alpha value is -1.76. The molecule has 8 heteroatoms. The van der Waals surface area contributed by atoms with Crippen LogP contribution in [0.15, 0.2) is 22.7 Å². The fourth-order valence-corrected chi connectivity index (χ4v) is 6.73. The first-order chi connectivity index (χ1) is 16.5. The lowest BCUT2D eigenvalue weighted by atomic mass is 9.46. The average molecular weight is 521 g/mol. The maximum absolute atomic E-state index is 12.6. The molecule has 1 aliphatic heterocycles. The number of piperidine rings is 1. The van der Waals surface area contributed by atoms with Gasteiger partial charge in [0.25, 0.3) is 0 Å². The van der Waals surface area contributed by atoms with Gasteiger partial charge in [-0.05, 0) is 76.3 Å². The Bertz CT molecular complexity index is 1110. The molecule has 0 N–H and O–H groups in total. The summed E-state index contributed by atoms with van der Waals surface area (Å²) in [6.07, 6.45) is 4.60.